The number of morpholine rings is 1. The molecule has 0 aromatic carbocycles. The van der Waals surface area contributed by atoms with Crippen molar-refractivity contribution in [2.24, 2.45) is 5.92 Å². The average molecular weight is 526 g/mol. The van der Waals surface area contributed by atoms with Crippen molar-refractivity contribution in [2.75, 3.05) is 31.6 Å². The number of aromatic nitrogens is 3. The van der Waals surface area contributed by atoms with Gasteiger partial charge in [-0.2, -0.15) is 0 Å². The van der Waals surface area contributed by atoms with Crippen LogP contribution in [0, 0.1) is 5.92 Å². The maximum absolute atomic E-state index is 13.1. The van der Waals surface area contributed by atoms with Crippen molar-refractivity contribution < 1.29 is 14.6 Å². The average Bonchev–Trinajstić information content (AvgIpc) is 3.32. The molecule has 2 saturated carbocycles. The first kappa shape index (κ1) is 27.4. The molecule has 8 heteroatoms. The molecule has 8 nitrogen and oxygen atoms in total. The van der Waals surface area contributed by atoms with Gasteiger partial charge in [0.15, 0.2) is 0 Å². The van der Waals surface area contributed by atoms with Gasteiger partial charge in [-0.3, -0.25) is 4.79 Å². The largest absolute Gasteiger partial charge is 0.393 e. The molecule has 2 aromatic rings. The van der Waals surface area contributed by atoms with E-state index in [1.54, 1.807) is 0 Å². The van der Waals surface area contributed by atoms with E-state index in [9.17, 15) is 9.90 Å². The molecule has 2 N–H and O–H groups in total. The van der Waals surface area contributed by atoms with E-state index in [4.69, 9.17) is 14.8 Å². The van der Waals surface area contributed by atoms with Crippen LogP contribution in [0.5, 0.6) is 0 Å². The lowest BCUT2D eigenvalue weighted by Gasteiger charge is -2.34. The number of unbranched alkanes of at least 4 members (excludes halogenated alkanes) is 2. The number of hydrogen-bond acceptors (Lipinski definition) is 6. The molecule has 38 heavy (non-hydrogen) atoms. The molecule has 0 bridgehead atoms. The molecular formula is C30H47N5O3. The van der Waals surface area contributed by atoms with Crippen LogP contribution in [0.2, 0.25) is 0 Å². The van der Waals surface area contributed by atoms with E-state index in [1.165, 1.54) is 30.5 Å². The molecule has 3 aliphatic rings. The van der Waals surface area contributed by atoms with Crippen LogP contribution in [0.25, 0.3) is 5.52 Å². The monoisotopic (exact) mass is 525 g/mol. The van der Waals surface area contributed by atoms with Crippen LogP contribution in [-0.2, 0) is 9.53 Å². The number of carbonyl (C=O) groups excluding carboxylic acids is 1. The Morgan fingerprint density at radius 3 is 2.50 bits per heavy atom. The zero-order valence-corrected chi connectivity index (χ0v) is 23.4. The molecule has 0 unspecified atom stereocenters. The van der Waals surface area contributed by atoms with Crippen LogP contribution in [0.1, 0.15) is 114 Å². The summed E-state index contributed by atoms with van der Waals surface area (Å²) in [5.41, 5.74) is 3.71. The number of rotatable bonds is 9. The lowest BCUT2D eigenvalue weighted by Crippen LogP contribution is -2.44. The number of nitrogens with one attached hydrogen (secondary N) is 1. The van der Waals surface area contributed by atoms with Gasteiger partial charge in [0.05, 0.1) is 31.0 Å². The highest BCUT2D eigenvalue weighted by molar-refractivity contribution is 5.79. The molecule has 1 amide bonds. The highest BCUT2D eigenvalue weighted by Gasteiger charge is 2.33. The highest BCUT2D eigenvalue weighted by Crippen LogP contribution is 2.42. The molecule has 5 rings (SSSR count). The number of nitrogens with zero attached hydrogens (tertiary/aromatic N) is 4. The lowest BCUT2D eigenvalue weighted by atomic mass is 9.78. The van der Waals surface area contributed by atoms with Crippen molar-refractivity contribution in [1.29, 1.82) is 0 Å². The summed E-state index contributed by atoms with van der Waals surface area (Å²) in [5.74, 6) is 1.99. The fourth-order valence-corrected chi connectivity index (χ4v) is 6.78. The number of aliphatic hydroxyl groups is 1. The first-order valence-corrected chi connectivity index (χ1v) is 15.2. The van der Waals surface area contributed by atoms with Crippen LogP contribution in [0.15, 0.2) is 12.3 Å². The standard InChI is InChI=1S/C30H47N5O3/c1-3-4-5-6-21(2)32-30-31-20-28-26(19-27(35(28)33-30)23-11-13-25(36)14-12-23)22-7-9-24(10-8-22)29(37)34-15-17-38-18-16-34/h19-25,36H,3-18H2,1-2H3,(H,32,33)/t21-,22?,23?,24?,25?/m0/s1. The molecule has 1 saturated heterocycles. The number of fused-ring (bicyclic) bond motifs is 1. The molecule has 3 heterocycles. The van der Waals surface area contributed by atoms with Gasteiger partial charge < -0.3 is 20.1 Å². The zero-order valence-electron chi connectivity index (χ0n) is 23.4. The summed E-state index contributed by atoms with van der Waals surface area (Å²) in [7, 11) is 0. The summed E-state index contributed by atoms with van der Waals surface area (Å²) in [4.78, 5) is 19.8. The smallest absolute Gasteiger partial charge is 0.241 e. The van der Waals surface area contributed by atoms with Crippen LogP contribution in [-0.4, -0.2) is 69.0 Å². The van der Waals surface area contributed by atoms with Gasteiger partial charge in [-0.15, -0.1) is 5.10 Å². The predicted octanol–water partition coefficient (Wildman–Crippen LogP) is 5.26. The van der Waals surface area contributed by atoms with Gasteiger partial charge in [0, 0.05) is 36.7 Å². The van der Waals surface area contributed by atoms with E-state index in [0.29, 0.717) is 42.9 Å². The van der Waals surface area contributed by atoms with Gasteiger partial charge in [0.2, 0.25) is 11.9 Å². The Morgan fingerprint density at radius 1 is 1.08 bits per heavy atom. The van der Waals surface area contributed by atoms with Gasteiger partial charge in [-0.1, -0.05) is 26.2 Å². The second kappa shape index (κ2) is 12.8. The van der Waals surface area contributed by atoms with Crippen molar-refractivity contribution in [3.05, 3.63) is 23.5 Å². The third-order valence-electron chi connectivity index (χ3n) is 9.15. The molecule has 0 radical (unpaired) electrons. The maximum Gasteiger partial charge on any atom is 0.241 e. The molecule has 3 fully saturated rings. The lowest BCUT2D eigenvalue weighted by molar-refractivity contribution is -0.140. The number of amides is 1. The van der Waals surface area contributed by atoms with Gasteiger partial charge in [0.25, 0.3) is 0 Å². The Labute approximate surface area is 227 Å². The predicted molar refractivity (Wildman–Crippen MR) is 150 cm³/mol. The number of aliphatic hydroxyl groups excluding tert-OH is 1. The van der Waals surface area contributed by atoms with Gasteiger partial charge in [-0.05, 0) is 82.3 Å². The first-order valence-electron chi connectivity index (χ1n) is 15.2. The fraction of sp³-hybridized carbons (Fsp3) is 0.767. The number of hydrogen-bond donors (Lipinski definition) is 2. The Balaban J connectivity index is 1.33. The molecule has 2 aliphatic carbocycles. The highest BCUT2D eigenvalue weighted by atomic mass is 16.5. The SMILES string of the molecule is CCCCC[C@H](C)Nc1ncc2c(C3CCC(C(=O)N4CCOCC4)CC3)cc(C3CCC(O)CC3)n2n1. The van der Waals surface area contributed by atoms with Crippen molar-refractivity contribution in [3.63, 3.8) is 0 Å². The number of anilines is 1. The van der Waals surface area contributed by atoms with Gasteiger partial charge in [-0.25, -0.2) is 9.50 Å². The van der Waals surface area contributed by atoms with Crippen LogP contribution in [0.3, 0.4) is 0 Å². The zero-order chi connectivity index (χ0) is 26.5. The van der Waals surface area contributed by atoms with E-state index >= 15 is 0 Å². The minimum atomic E-state index is -0.174. The summed E-state index contributed by atoms with van der Waals surface area (Å²) < 4.78 is 7.59. The Morgan fingerprint density at radius 2 is 1.79 bits per heavy atom. The van der Waals surface area contributed by atoms with E-state index in [1.807, 2.05) is 11.1 Å². The second-order valence-corrected chi connectivity index (χ2v) is 11.9. The summed E-state index contributed by atoms with van der Waals surface area (Å²) in [5, 5.41) is 18.7. The Hall–Kier alpha value is -2.19. The summed E-state index contributed by atoms with van der Waals surface area (Å²) in [6, 6.07) is 2.72. The Kier molecular flexibility index (Phi) is 9.20. The quantitative estimate of drug-likeness (QED) is 0.434. The van der Waals surface area contributed by atoms with Crippen LogP contribution >= 0.6 is 0 Å². The Bertz CT molecular complexity index is 1050. The summed E-state index contributed by atoms with van der Waals surface area (Å²) in [6.07, 6.45) is 14.3. The third-order valence-corrected chi connectivity index (χ3v) is 9.15. The molecule has 2 aromatic heterocycles. The van der Waals surface area contributed by atoms with Crippen molar-refractivity contribution in [2.45, 2.75) is 115 Å². The van der Waals surface area contributed by atoms with Crippen molar-refractivity contribution >= 4 is 17.4 Å². The van der Waals surface area contributed by atoms with E-state index < -0.39 is 0 Å². The molecular weight excluding hydrogens is 478 g/mol. The van der Waals surface area contributed by atoms with Crippen LogP contribution in [0.4, 0.5) is 5.95 Å². The van der Waals surface area contributed by atoms with E-state index in [0.717, 1.165) is 76.4 Å². The first-order chi connectivity index (χ1) is 18.5. The maximum atomic E-state index is 13.1. The van der Waals surface area contributed by atoms with Crippen molar-refractivity contribution in [3.8, 4) is 0 Å². The minimum absolute atomic E-state index is 0.138. The normalized spacial score (nSPS) is 27.4. The summed E-state index contributed by atoms with van der Waals surface area (Å²) in [6.45, 7) is 7.23. The minimum Gasteiger partial charge on any atom is -0.393 e. The van der Waals surface area contributed by atoms with Crippen LogP contribution < -0.4 is 5.32 Å². The summed E-state index contributed by atoms with van der Waals surface area (Å²) >= 11 is 0. The molecule has 1 aliphatic heterocycles. The fourth-order valence-electron chi connectivity index (χ4n) is 6.78. The second-order valence-electron chi connectivity index (χ2n) is 11.9. The molecule has 0 spiro atoms. The topological polar surface area (TPSA) is 92.0 Å². The third kappa shape index (κ3) is 6.33. The number of carbonyl (C=O) groups is 1. The van der Waals surface area contributed by atoms with E-state index in [-0.39, 0.29) is 12.0 Å². The van der Waals surface area contributed by atoms with Gasteiger partial charge >= 0.3 is 0 Å². The van der Waals surface area contributed by atoms with Gasteiger partial charge in [0.1, 0.15) is 0 Å². The molecule has 210 valence electrons. The number of ether oxygens (including phenoxy) is 1. The van der Waals surface area contributed by atoms with E-state index in [2.05, 4.69) is 29.7 Å². The molecule has 1 atom stereocenters. The van der Waals surface area contributed by atoms with Crippen molar-refractivity contribution in [1.82, 2.24) is 19.5 Å².